The zero-order chi connectivity index (χ0) is 19.5. The molecule has 0 aliphatic carbocycles. The molecule has 0 unspecified atom stereocenters. The number of tetrazole rings is 1. The normalized spacial score (nSPS) is 16.0. The summed E-state index contributed by atoms with van der Waals surface area (Å²) in [5.74, 6) is 0.665. The number of benzene rings is 2. The van der Waals surface area contributed by atoms with Crippen LogP contribution in [0.1, 0.15) is 36.7 Å². The SMILES string of the molecule is O=[N+]([O-])c1ccc([C@H](c2nnnn2-c2cccc(Cl)c2)N2CCCCC2)cc1. The molecule has 1 aliphatic heterocycles. The highest BCUT2D eigenvalue weighted by atomic mass is 35.5. The van der Waals surface area contributed by atoms with Gasteiger partial charge in [-0.2, -0.15) is 4.68 Å². The van der Waals surface area contributed by atoms with Gasteiger partial charge >= 0.3 is 0 Å². The molecule has 28 heavy (non-hydrogen) atoms. The van der Waals surface area contributed by atoms with Crippen LogP contribution in [-0.2, 0) is 0 Å². The lowest BCUT2D eigenvalue weighted by Crippen LogP contribution is -2.35. The summed E-state index contributed by atoms with van der Waals surface area (Å²) >= 11 is 6.15. The van der Waals surface area contributed by atoms with Crippen molar-refractivity contribution in [1.29, 1.82) is 0 Å². The highest BCUT2D eigenvalue weighted by molar-refractivity contribution is 6.30. The number of rotatable bonds is 5. The Labute approximate surface area is 166 Å². The number of piperidine rings is 1. The third-order valence-electron chi connectivity index (χ3n) is 4.97. The Balaban J connectivity index is 1.78. The molecule has 3 aromatic rings. The van der Waals surface area contributed by atoms with Gasteiger partial charge < -0.3 is 0 Å². The van der Waals surface area contributed by atoms with E-state index in [1.54, 1.807) is 22.9 Å². The van der Waals surface area contributed by atoms with E-state index < -0.39 is 4.92 Å². The molecule has 1 fully saturated rings. The van der Waals surface area contributed by atoms with Gasteiger partial charge in [0.1, 0.15) is 0 Å². The average Bonchev–Trinajstić information content (AvgIpc) is 3.19. The Kier molecular flexibility index (Phi) is 5.31. The zero-order valence-corrected chi connectivity index (χ0v) is 15.9. The lowest BCUT2D eigenvalue weighted by Gasteiger charge is -2.34. The number of hydrogen-bond donors (Lipinski definition) is 0. The van der Waals surface area contributed by atoms with Crippen molar-refractivity contribution in [3.63, 3.8) is 0 Å². The second-order valence-corrected chi connectivity index (χ2v) is 7.21. The fourth-order valence-corrected chi connectivity index (χ4v) is 3.82. The first-order chi connectivity index (χ1) is 13.6. The second-order valence-electron chi connectivity index (χ2n) is 6.78. The van der Waals surface area contributed by atoms with Crippen LogP contribution in [0.5, 0.6) is 0 Å². The molecule has 0 radical (unpaired) electrons. The average molecular weight is 399 g/mol. The Morgan fingerprint density at radius 2 is 1.82 bits per heavy atom. The highest BCUT2D eigenvalue weighted by Crippen LogP contribution is 2.32. The van der Waals surface area contributed by atoms with Gasteiger partial charge in [-0.25, -0.2) is 0 Å². The summed E-state index contributed by atoms with van der Waals surface area (Å²) in [6, 6.07) is 13.8. The lowest BCUT2D eigenvalue weighted by molar-refractivity contribution is -0.384. The summed E-state index contributed by atoms with van der Waals surface area (Å²) in [7, 11) is 0. The molecule has 1 aromatic heterocycles. The topological polar surface area (TPSA) is 90.0 Å². The number of nitro groups is 1. The van der Waals surface area contributed by atoms with Crippen LogP contribution in [0.3, 0.4) is 0 Å². The Bertz CT molecular complexity index is 969. The number of halogens is 1. The molecular weight excluding hydrogens is 380 g/mol. The molecule has 1 saturated heterocycles. The van der Waals surface area contributed by atoms with Gasteiger partial charge in [-0.05, 0) is 60.1 Å². The van der Waals surface area contributed by atoms with Crippen LogP contribution in [0.15, 0.2) is 48.5 Å². The van der Waals surface area contributed by atoms with E-state index in [0.29, 0.717) is 10.8 Å². The fourth-order valence-electron chi connectivity index (χ4n) is 3.63. The highest BCUT2D eigenvalue weighted by Gasteiger charge is 2.29. The molecule has 1 atom stereocenters. The minimum atomic E-state index is -0.393. The quantitative estimate of drug-likeness (QED) is 0.479. The van der Waals surface area contributed by atoms with Gasteiger partial charge in [-0.3, -0.25) is 15.0 Å². The van der Waals surface area contributed by atoms with Gasteiger partial charge in [0, 0.05) is 17.2 Å². The molecule has 0 N–H and O–H groups in total. The van der Waals surface area contributed by atoms with Crippen LogP contribution in [0, 0.1) is 10.1 Å². The van der Waals surface area contributed by atoms with E-state index in [9.17, 15) is 10.1 Å². The molecule has 9 heteroatoms. The van der Waals surface area contributed by atoms with Crippen molar-refractivity contribution in [3.8, 4) is 5.69 Å². The number of aromatic nitrogens is 4. The van der Waals surface area contributed by atoms with Crippen LogP contribution in [0.2, 0.25) is 5.02 Å². The molecule has 0 amide bonds. The smallest absolute Gasteiger partial charge is 0.269 e. The van der Waals surface area contributed by atoms with Crippen LogP contribution >= 0.6 is 11.6 Å². The maximum Gasteiger partial charge on any atom is 0.269 e. The lowest BCUT2D eigenvalue weighted by atomic mass is 10.0. The first-order valence-electron chi connectivity index (χ1n) is 9.16. The van der Waals surface area contributed by atoms with E-state index in [-0.39, 0.29) is 11.7 Å². The summed E-state index contributed by atoms with van der Waals surface area (Å²) in [4.78, 5) is 13.0. The minimum absolute atomic E-state index is 0.0653. The summed E-state index contributed by atoms with van der Waals surface area (Å²) in [6.07, 6.45) is 3.40. The van der Waals surface area contributed by atoms with E-state index in [4.69, 9.17) is 11.6 Å². The Morgan fingerprint density at radius 3 is 2.50 bits per heavy atom. The van der Waals surface area contributed by atoms with E-state index in [1.165, 1.54) is 18.6 Å². The first kappa shape index (κ1) is 18.5. The van der Waals surface area contributed by atoms with Gasteiger partial charge in [-0.1, -0.05) is 36.2 Å². The van der Waals surface area contributed by atoms with E-state index >= 15 is 0 Å². The number of likely N-dealkylation sites (tertiary alicyclic amines) is 1. The summed E-state index contributed by atoms with van der Waals surface area (Å²) < 4.78 is 1.69. The Hall–Kier alpha value is -2.84. The van der Waals surface area contributed by atoms with Crippen molar-refractivity contribution in [2.75, 3.05) is 13.1 Å². The predicted octanol–water partition coefficient (Wildman–Crippen LogP) is 3.80. The number of non-ortho nitro benzene ring substituents is 1. The summed E-state index contributed by atoms with van der Waals surface area (Å²) in [5.41, 5.74) is 1.76. The minimum Gasteiger partial charge on any atom is -0.290 e. The van der Waals surface area contributed by atoms with E-state index in [1.807, 2.05) is 18.2 Å². The molecule has 144 valence electrons. The van der Waals surface area contributed by atoms with Crippen LogP contribution in [0.4, 0.5) is 5.69 Å². The molecule has 8 nitrogen and oxygen atoms in total. The first-order valence-corrected chi connectivity index (χ1v) is 9.54. The molecule has 2 aromatic carbocycles. The number of hydrogen-bond acceptors (Lipinski definition) is 6. The van der Waals surface area contributed by atoms with E-state index in [2.05, 4.69) is 20.4 Å². The summed E-state index contributed by atoms with van der Waals surface area (Å²) in [5, 5.41) is 24.0. The predicted molar refractivity (Wildman–Crippen MR) is 105 cm³/mol. The molecule has 0 saturated carbocycles. The van der Waals surface area contributed by atoms with E-state index in [0.717, 1.165) is 37.2 Å². The van der Waals surface area contributed by atoms with Crippen LogP contribution in [0.25, 0.3) is 5.69 Å². The maximum absolute atomic E-state index is 11.0. The molecule has 4 rings (SSSR count). The van der Waals surface area contributed by atoms with Crippen LogP contribution in [-0.4, -0.2) is 43.1 Å². The van der Waals surface area contributed by atoms with Gasteiger partial charge in [-0.15, -0.1) is 5.10 Å². The van der Waals surface area contributed by atoms with Crippen molar-refractivity contribution in [3.05, 3.63) is 75.1 Å². The van der Waals surface area contributed by atoms with Crippen molar-refractivity contribution in [1.82, 2.24) is 25.1 Å². The number of nitro benzene ring substituents is 1. The standard InChI is InChI=1S/C19H19ClN6O2/c20-15-5-4-6-17(13-15)25-19(21-22-23-25)18(24-11-2-1-3-12-24)14-7-9-16(10-8-14)26(27)28/h4-10,13,18H,1-3,11-12H2/t18-/m1/s1. The largest absolute Gasteiger partial charge is 0.290 e. The molecule has 0 bridgehead atoms. The fraction of sp³-hybridized carbons (Fsp3) is 0.316. The number of nitrogens with zero attached hydrogens (tertiary/aromatic N) is 6. The van der Waals surface area contributed by atoms with Crippen molar-refractivity contribution in [2.24, 2.45) is 0 Å². The Morgan fingerprint density at radius 1 is 1.07 bits per heavy atom. The third kappa shape index (κ3) is 3.74. The van der Waals surface area contributed by atoms with Crippen molar-refractivity contribution in [2.45, 2.75) is 25.3 Å². The molecule has 1 aliphatic rings. The van der Waals surface area contributed by atoms with Crippen LogP contribution < -0.4 is 0 Å². The summed E-state index contributed by atoms with van der Waals surface area (Å²) in [6.45, 7) is 1.84. The van der Waals surface area contributed by atoms with Crippen molar-refractivity contribution < 1.29 is 4.92 Å². The monoisotopic (exact) mass is 398 g/mol. The van der Waals surface area contributed by atoms with Gasteiger partial charge in [0.2, 0.25) is 0 Å². The molecule has 2 heterocycles. The van der Waals surface area contributed by atoms with Gasteiger partial charge in [0.15, 0.2) is 5.82 Å². The zero-order valence-electron chi connectivity index (χ0n) is 15.1. The third-order valence-corrected chi connectivity index (χ3v) is 5.20. The van der Waals surface area contributed by atoms with Gasteiger partial charge in [0.25, 0.3) is 5.69 Å². The maximum atomic E-state index is 11.0. The molecule has 0 spiro atoms. The van der Waals surface area contributed by atoms with Gasteiger partial charge in [0.05, 0.1) is 16.7 Å². The molecular formula is C19H19ClN6O2. The van der Waals surface area contributed by atoms with Crippen molar-refractivity contribution >= 4 is 17.3 Å². The second kappa shape index (κ2) is 8.04.